The molecule has 0 saturated carbocycles. The van der Waals surface area contributed by atoms with Crippen molar-refractivity contribution in [1.82, 2.24) is 14.3 Å². The van der Waals surface area contributed by atoms with Crippen LogP contribution in [-0.4, -0.2) is 59.1 Å². The van der Waals surface area contributed by atoms with Crippen LogP contribution >= 0.6 is 0 Å². The number of piperazine rings is 1. The number of nitrogens with one attached hydrogen (secondary N) is 1. The van der Waals surface area contributed by atoms with Gasteiger partial charge in [-0.15, -0.1) is 0 Å². The van der Waals surface area contributed by atoms with Gasteiger partial charge in [-0.05, 0) is 30.7 Å². The van der Waals surface area contributed by atoms with Crippen molar-refractivity contribution in [3.8, 4) is 11.5 Å². The van der Waals surface area contributed by atoms with Crippen molar-refractivity contribution in [3.05, 3.63) is 60.0 Å². The molecule has 150 valence electrons. The maximum Gasteiger partial charge on any atom is 0.267 e. The van der Waals surface area contributed by atoms with E-state index in [2.05, 4.69) is 35.9 Å². The molecule has 0 bridgehead atoms. The first-order chi connectivity index (χ1) is 14.2. The molecule has 1 fully saturated rings. The largest absolute Gasteiger partial charge is 0.485 e. The van der Waals surface area contributed by atoms with Gasteiger partial charge in [0.05, 0.1) is 26.2 Å². The van der Waals surface area contributed by atoms with E-state index >= 15 is 0 Å². The molecule has 1 amide bonds. The van der Waals surface area contributed by atoms with Crippen LogP contribution in [0.4, 0.5) is 0 Å². The number of para-hydroxylation sites is 2. The summed E-state index contributed by atoms with van der Waals surface area (Å²) in [5.41, 5.74) is 3.29. The number of carbonyl (C=O) groups excluding carboxylic acids is 1. The Labute approximate surface area is 169 Å². The zero-order valence-corrected chi connectivity index (χ0v) is 16.5. The monoisotopic (exact) mass is 393 g/mol. The van der Waals surface area contributed by atoms with Crippen molar-refractivity contribution in [2.75, 3.05) is 32.8 Å². The number of imidazole rings is 1. The summed E-state index contributed by atoms with van der Waals surface area (Å²) in [5.74, 6) is 1.36. The smallest absolute Gasteiger partial charge is 0.267 e. The molecule has 1 saturated heterocycles. The SMILES string of the molecule is Cc1ccc2nc(C[NH+]3CCN(C(=O)[C@@H]4COc5ccccc5O4)CC3)cn2c1. The summed E-state index contributed by atoms with van der Waals surface area (Å²) in [6, 6.07) is 11.6. The van der Waals surface area contributed by atoms with E-state index in [0.29, 0.717) is 11.5 Å². The highest BCUT2D eigenvalue weighted by molar-refractivity contribution is 5.82. The molecule has 2 aliphatic heterocycles. The van der Waals surface area contributed by atoms with E-state index in [9.17, 15) is 4.79 Å². The number of hydrogen-bond acceptors (Lipinski definition) is 4. The average molecular weight is 393 g/mol. The van der Waals surface area contributed by atoms with Gasteiger partial charge in [0.2, 0.25) is 6.10 Å². The molecule has 0 aliphatic carbocycles. The minimum atomic E-state index is -0.562. The van der Waals surface area contributed by atoms with Gasteiger partial charge in [-0.2, -0.15) is 0 Å². The molecule has 1 atom stereocenters. The molecular formula is C22H25N4O3+. The Hall–Kier alpha value is -3.06. The highest BCUT2D eigenvalue weighted by Crippen LogP contribution is 2.31. The number of hydrogen-bond donors (Lipinski definition) is 1. The number of fused-ring (bicyclic) bond motifs is 2. The number of benzene rings is 1. The van der Waals surface area contributed by atoms with Gasteiger partial charge >= 0.3 is 0 Å². The third kappa shape index (κ3) is 3.65. The van der Waals surface area contributed by atoms with Crippen molar-refractivity contribution < 1.29 is 19.2 Å². The lowest BCUT2D eigenvalue weighted by molar-refractivity contribution is -0.917. The first kappa shape index (κ1) is 18.0. The number of amides is 1. The summed E-state index contributed by atoms with van der Waals surface area (Å²) >= 11 is 0. The average Bonchev–Trinajstić information content (AvgIpc) is 3.14. The van der Waals surface area contributed by atoms with E-state index in [0.717, 1.165) is 44.1 Å². The van der Waals surface area contributed by atoms with E-state index in [1.807, 2.05) is 29.2 Å². The standard InChI is InChI=1S/C22H24N4O3/c1-16-6-7-21-23-17(14-26(21)12-16)13-24-8-10-25(11-9-24)22(27)20-15-28-18-4-2-3-5-19(18)29-20/h2-7,12,14,20H,8-11,13,15H2,1H3/p+1/t20-/m0/s1. The van der Waals surface area contributed by atoms with Crippen LogP contribution in [0.1, 0.15) is 11.3 Å². The number of aromatic nitrogens is 2. The summed E-state index contributed by atoms with van der Waals surface area (Å²) in [6.07, 6.45) is 3.65. The van der Waals surface area contributed by atoms with Gasteiger partial charge in [-0.3, -0.25) is 4.79 Å². The second-order valence-corrected chi connectivity index (χ2v) is 7.82. The molecule has 3 aromatic rings. The summed E-state index contributed by atoms with van der Waals surface area (Å²) in [4.78, 5) is 20.9. The molecule has 29 heavy (non-hydrogen) atoms. The lowest BCUT2D eigenvalue weighted by atomic mass is 10.2. The summed E-state index contributed by atoms with van der Waals surface area (Å²) in [7, 11) is 0. The number of pyridine rings is 1. The van der Waals surface area contributed by atoms with Gasteiger partial charge in [0, 0.05) is 12.4 Å². The first-order valence-corrected chi connectivity index (χ1v) is 10.1. The molecule has 5 rings (SSSR count). The van der Waals surface area contributed by atoms with Crippen LogP contribution < -0.4 is 14.4 Å². The Bertz CT molecular complexity index is 1040. The predicted molar refractivity (Wildman–Crippen MR) is 107 cm³/mol. The van der Waals surface area contributed by atoms with Crippen LogP contribution in [0.25, 0.3) is 5.65 Å². The quantitative estimate of drug-likeness (QED) is 0.712. The lowest BCUT2D eigenvalue weighted by Crippen LogP contribution is -3.13. The third-order valence-electron chi connectivity index (χ3n) is 5.65. The maximum atomic E-state index is 12.9. The molecular weight excluding hydrogens is 368 g/mol. The van der Waals surface area contributed by atoms with Gasteiger partial charge < -0.3 is 23.7 Å². The van der Waals surface area contributed by atoms with E-state index in [1.54, 1.807) is 0 Å². The predicted octanol–water partition coefficient (Wildman–Crippen LogP) is 0.710. The molecule has 0 unspecified atom stereocenters. The van der Waals surface area contributed by atoms with E-state index < -0.39 is 6.10 Å². The normalized spacial score (nSPS) is 19.5. The Kier molecular flexibility index (Phi) is 4.60. The van der Waals surface area contributed by atoms with Gasteiger partial charge in [0.1, 0.15) is 24.5 Å². The number of nitrogens with zero attached hydrogens (tertiary/aromatic N) is 3. The molecule has 2 aliphatic rings. The first-order valence-electron chi connectivity index (χ1n) is 10.1. The summed E-state index contributed by atoms with van der Waals surface area (Å²) < 4.78 is 13.7. The number of ether oxygens (including phenoxy) is 2. The fourth-order valence-electron chi connectivity index (χ4n) is 4.06. The van der Waals surface area contributed by atoms with Crippen molar-refractivity contribution in [2.45, 2.75) is 19.6 Å². The third-order valence-corrected chi connectivity index (χ3v) is 5.65. The minimum Gasteiger partial charge on any atom is -0.485 e. The zero-order chi connectivity index (χ0) is 19.8. The molecule has 2 aromatic heterocycles. The van der Waals surface area contributed by atoms with E-state index in [4.69, 9.17) is 14.5 Å². The fraction of sp³-hybridized carbons (Fsp3) is 0.364. The highest BCUT2D eigenvalue weighted by Gasteiger charge is 2.33. The lowest BCUT2D eigenvalue weighted by Gasteiger charge is -2.35. The molecule has 7 nitrogen and oxygen atoms in total. The van der Waals surface area contributed by atoms with Crippen LogP contribution in [0.3, 0.4) is 0 Å². The molecule has 7 heteroatoms. The van der Waals surface area contributed by atoms with Crippen LogP contribution in [0.15, 0.2) is 48.8 Å². The minimum absolute atomic E-state index is 0.0155. The number of carbonyl (C=O) groups is 1. The number of rotatable bonds is 3. The van der Waals surface area contributed by atoms with Gasteiger partial charge in [0.25, 0.3) is 5.91 Å². The second kappa shape index (κ2) is 7.40. The Morgan fingerprint density at radius 2 is 1.93 bits per heavy atom. The molecule has 4 heterocycles. The zero-order valence-electron chi connectivity index (χ0n) is 16.5. The van der Waals surface area contributed by atoms with Crippen LogP contribution in [0.5, 0.6) is 11.5 Å². The molecule has 1 N–H and O–H groups in total. The fourth-order valence-corrected chi connectivity index (χ4v) is 4.06. The van der Waals surface area contributed by atoms with Crippen LogP contribution in [0, 0.1) is 6.92 Å². The topological polar surface area (TPSA) is 60.5 Å². The Morgan fingerprint density at radius 3 is 2.76 bits per heavy atom. The van der Waals surface area contributed by atoms with Gasteiger partial charge in [0.15, 0.2) is 11.5 Å². The Balaban J connectivity index is 1.17. The van der Waals surface area contributed by atoms with Crippen molar-refractivity contribution in [3.63, 3.8) is 0 Å². The van der Waals surface area contributed by atoms with E-state index in [-0.39, 0.29) is 12.5 Å². The maximum absolute atomic E-state index is 12.9. The molecule has 0 spiro atoms. The van der Waals surface area contributed by atoms with Crippen molar-refractivity contribution in [2.24, 2.45) is 0 Å². The van der Waals surface area contributed by atoms with Crippen molar-refractivity contribution >= 4 is 11.6 Å². The summed E-state index contributed by atoms with van der Waals surface area (Å²) in [5, 5.41) is 0. The second-order valence-electron chi connectivity index (χ2n) is 7.82. The number of aryl methyl sites for hydroxylation is 1. The number of quaternary nitrogens is 1. The highest BCUT2D eigenvalue weighted by atomic mass is 16.6. The molecule has 0 radical (unpaired) electrons. The van der Waals surface area contributed by atoms with Crippen LogP contribution in [0.2, 0.25) is 0 Å². The summed E-state index contributed by atoms with van der Waals surface area (Å²) in [6.45, 7) is 6.49. The van der Waals surface area contributed by atoms with Gasteiger partial charge in [-0.25, -0.2) is 4.98 Å². The van der Waals surface area contributed by atoms with E-state index in [1.165, 1.54) is 10.5 Å². The van der Waals surface area contributed by atoms with Crippen LogP contribution in [-0.2, 0) is 11.3 Å². The van der Waals surface area contributed by atoms with Gasteiger partial charge in [-0.1, -0.05) is 18.2 Å². The molecule has 1 aromatic carbocycles. The Morgan fingerprint density at radius 1 is 1.14 bits per heavy atom. The van der Waals surface area contributed by atoms with Crippen molar-refractivity contribution in [1.29, 1.82) is 0 Å².